The molecule has 140 valence electrons. The smallest absolute Gasteiger partial charge is 0.191 e. The van der Waals surface area contributed by atoms with Gasteiger partial charge in [-0.25, -0.2) is 8.42 Å². The van der Waals surface area contributed by atoms with Crippen molar-refractivity contribution in [2.45, 2.75) is 59.4 Å². The lowest BCUT2D eigenvalue weighted by atomic mass is 9.80. The molecule has 1 heterocycles. The van der Waals surface area contributed by atoms with Crippen molar-refractivity contribution in [1.82, 2.24) is 10.6 Å². The van der Waals surface area contributed by atoms with Gasteiger partial charge in [0.1, 0.15) is 0 Å². The molecule has 1 aliphatic carbocycles. The fraction of sp³-hybridized carbons (Fsp3) is 0.944. The molecule has 3 unspecified atom stereocenters. The van der Waals surface area contributed by atoms with E-state index in [9.17, 15) is 8.42 Å². The minimum Gasteiger partial charge on any atom is -0.356 e. The van der Waals surface area contributed by atoms with Crippen LogP contribution in [-0.2, 0) is 9.84 Å². The molecular formula is C18H35N3O2S. The van der Waals surface area contributed by atoms with Crippen molar-refractivity contribution >= 4 is 15.8 Å². The highest BCUT2D eigenvalue weighted by molar-refractivity contribution is 7.91. The van der Waals surface area contributed by atoms with Crippen molar-refractivity contribution in [3.8, 4) is 0 Å². The quantitative estimate of drug-likeness (QED) is 0.586. The molecule has 5 nitrogen and oxygen atoms in total. The fourth-order valence-electron chi connectivity index (χ4n) is 3.96. The van der Waals surface area contributed by atoms with Gasteiger partial charge >= 0.3 is 0 Å². The first kappa shape index (κ1) is 19.5. The van der Waals surface area contributed by atoms with E-state index >= 15 is 0 Å². The van der Waals surface area contributed by atoms with E-state index in [1.54, 1.807) is 0 Å². The summed E-state index contributed by atoms with van der Waals surface area (Å²) in [6.07, 6.45) is 4.45. The second kappa shape index (κ2) is 8.54. The minimum absolute atomic E-state index is 0.213. The maximum Gasteiger partial charge on any atom is 0.191 e. The van der Waals surface area contributed by atoms with Gasteiger partial charge in [-0.1, -0.05) is 27.7 Å². The van der Waals surface area contributed by atoms with Gasteiger partial charge in [-0.2, -0.15) is 0 Å². The Balaban J connectivity index is 1.90. The Morgan fingerprint density at radius 1 is 1.17 bits per heavy atom. The topological polar surface area (TPSA) is 70.6 Å². The summed E-state index contributed by atoms with van der Waals surface area (Å²) in [6, 6.07) is 0.467. The lowest BCUT2D eigenvalue weighted by Gasteiger charge is -2.33. The number of guanidine groups is 1. The summed E-state index contributed by atoms with van der Waals surface area (Å²) in [4.78, 5) is 4.71. The Hall–Kier alpha value is -0.780. The first-order chi connectivity index (χ1) is 11.2. The first-order valence-corrected chi connectivity index (χ1v) is 11.3. The summed E-state index contributed by atoms with van der Waals surface area (Å²) in [5.74, 6) is 3.73. The Labute approximate surface area is 148 Å². The normalized spacial score (nSPS) is 33.6. The third-order valence-electron chi connectivity index (χ3n) is 5.02. The van der Waals surface area contributed by atoms with E-state index in [4.69, 9.17) is 4.99 Å². The van der Waals surface area contributed by atoms with Crippen molar-refractivity contribution in [3.63, 3.8) is 0 Å². The number of hydrogen-bond donors (Lipinski definition) is 2. The van der Waals surface area contributed by atoms with E-state index in [2.05, 4.69) is 38.3 Å². The van der Waals surface area contributed by atoms with Gasteiger partial charge in [0.05, 0.1) is 11.5 Å². The van der Waals surface area contributed by atoms with Gasteiger partial charge in [0, 0.05) is 19.1 Å². The SMILES string of the molecule is CC(C)CN=C(NCC1CCS(=O)(=O)C1)NC1CC(C)CC(C)C1. The standard InChI is InChI=1S/C18H35N3O2S/c1-13(2)10-19-18(20-11-16-5-6-24(22,23)12-16)21-17-8-14(3)7-15(4)9-17/h13-17H,5-12H2,1-4H3,(H2,19,20,21). The zero-order valence-electron chi connectivity index (χ0n) is 15.7. The number of rotatable bonds is 5. The molecule has 1 saturated heterocycles. The van der Waals surface area contributed by atoms with Gasteiger partial charge in [0.2, 0.25) is 0 Å². The van der Waals surface area contributed by atoms with E-state index in [-0.39, 0.29) is 5.92 Å². The monoisotopic (exact) mass is 357 g/mol. The van der Waals surface area contributed by atoms with E-state index in [1.807, 2.05) is 0 Å². The van der Waals surface area contributed by atoms with Crippen LogP contribution in [0.4, 0.5) is 0 Å². The fourth-order valence-corrected chi connectivity index (χ4v) is 5.82. The predicted octanol–water partition coefficient (Wildman–Crippen LogP) is 2.44. The molecule has 2 fully saturated rings. The van der Waals surface area contributed by atoms with Crippen LogP contribution >= 0.6 is 0 Å². The minimum atomic E-state index is -2.81. The molecule has 0 radical (unpaired) electrons. The molecule has 0 aromatic rings. The summed E-state index contributed by atoms with van der Waals surface area (Å²) in [5, 5.41) is 7.01. The number of sulfone groups is 1. The van der Waals surface area contributed by atoms with Crippen LogP contribution in [0.3, 0.4) is 0 Å². The number of nitrogens with zero attached hydrogens (tertiary/aromatic N) is 1. The molecule has 3 atom stereocenters. The molecule has 6 heteroatoms. The predicted molar refractivity (Wildman–Crippen MR) is 101 cm³/mol. The summed E-state index contributed by atoms with van der Waals surface area (Å²) >= 11 is 0. The third-order valence-corrected chi connectivity index (χ3v) is 6.86. The van der Waals surface area contributed by atoms with Gasteiger partial charge in [-0.05, 0) is 49.4 Å². The molecule has 0 aromatic carbocycles. The summed E-state index contributed by atoms with van der Waals surface area (Å²) in [5.41, 5.74) is 0. The number of hydrogen-bond acceptors (Lipinski definition) is 3. The Morgan fingerprint density at radius 2 is 1.83 bits per heavy atom. The zero-order valence-corrected chi connectivity index (χ0v) is 16.5. The molecule has 0 bridgehead atoms. The van der Waals surface area contributed by atoms with Crippen LogP contribution < -0.4 is 10.6 Å². The maximum atomic E-state index is 11.6. The summed E-state index contributed by atoms with van der Waals surface area (Å²) in [6.45, 7) is 10.5. The van der Waals surface area contributed by atoms with Gasteiger partial charge in [0.15, 0.2) is 15.8 Å². The van der Waals surface area contributed by atoms with Crippen molar-refractivity contribution in [1.29, 1.82) is 0 Å². The van der Waals surface area contributed by atoms with E-state index in [0.29, 0.717) is 30.0 Å². The lowest BCUT2D eigenvalue weighted by molar-refractivity contribution is 0.254. The van der Waals surface area contributed by atoms with Crippen molar-refractivity contribution in [2.24, 2.45) is 28.7 Å². The second-order valence-electron chi connectivity index (χ2n) is 8.49. The largest absolute Gasteiger partial charge is 0.356 e. The molecule has 1 saturated carbocycles. The van der Waals surface area contributed by atoms with Crippen LogP contribution in [0.15, 0.2) is 4.99 Å². The van der Waals surface area contributed by atoms with Gasteiger partial charge in [-0.15, -0.1) is 0 Å². The van der Waals surface area contributed by atoms with Crippen LogP contribution in [0, 0.1) is 23.7 Å². The summed E-state index contributed by atoms with van der Waals surface area (Å²) in [7, 11) is -2.81. The molecule has 2 rings (SSSR count). The molecule has 0 amide bonds. The maximum absolute atomic E-state index is 11.6. The lowest BCUT2D eigenvalue weighted by Crippen LogP contribution is -2.47. The molecule has 2 N–H and O–H groups in total. The molecule has 2 aliphatic rings. The van der Waals surface area contributed by atoms with Gasteiger partial charge in [-0.3, -0.25) is 4.99 Å². The van der Waals surface area contributed by atoms with Crippen LogP contribution in [0.25, 0.3) is 0 Å². The Morgan fingerprint density at radius 3 is 2.38 bits per heavy atom. The summed E-state index contributed by atoms with van der Waals surface area (Å²) < 4.78 is 23.2. The Bertz CT molecular complexity index is 520. The van der Waals surface area contributed by atoms with E-state index < -0.39 is 9.84 Å². The van der Waals surface area contributed by atoms with Gasteiger partial charge < -0.3 is 10.6 Å². The molecule has 24 heavy (non-hydrogen) atoms. The molecule has 0 spiro atoms. The van der Waals surface area contributed by atoms with Crippen molar-refractivity contribution in [3.05, 3.63) is 0 Å². The highest BCUT2D eigenvalue weighted by Gasteiger charge is 2.28. The van der Waals surface area contributed by atoms with E-state index in [1.165, 1.54) is 19.3 Å². The average Bonchev–Trinajstić information content (AvgIpc) is 2.80. The number of aliphatic imine (C=N–C) groups is 1. The van der Waals surface area contributed by atoms with Crippen LogP contribution in [0.2, 0.25) is 0 Å². The molecule has 0 aromatic heterocycles. The van der Waals surface area contributed by atoms with Crippen molar-refractivity contribution in [2.75, 3.05) is 24.6 Å². The zero-order chi connectivity index (χ0) is 17.7. The highest BCUT2D eigenvalue weighted by atomic mass is 32.2. The first-order valence-electron chi connectivity index (χ1n) is 9.48. The van der Waals surface area contributed by atoms with Gasteiger partial charge in [0.25, 0.3) is 0 Å². The third kappa shape index (κ3) is 6.61. The van der Waals surface area contributed by atoms with Crippen LogP contribution in [0.5, 0.6) is 0 Å². The average molecular weight is 358 g/mol. The molecular weight excluding hydrogens is 322 g/mol. The second-order valence-corrected chi connectivity index (χ2v) is 10.7. The molecule has 1 aliphatic heterocycles. The van der Waals surface area contributed by atoms with Crippen LogP contribution in [0.1, 0.15) is 53.4 Å². The Kier molecular flexibility index (Phi) is 6.96. The van der Waals surface area contributed by atoms with Crippen molar-refractivity contribution < 1.29 is 8.42 Å². The van der Waals surface area contributed by atoms with Crippen LogP contribution in [-0.4, -0.2) is 45.0 Å². The van der Waals surface area contributed by atoms with E-state index in [0.717, 1.165) is 30.8 Å². The highest BCUT2D eigenvalue weighted by Crippen LogP contribution is 2.28. The number of nitrogens with one attached hydrogen (secondary N) is 2.